The van der Waals surface area contributed by atoms with Crippen LogP contribution in [-0.2, 0) is 4.79 Å². The Morgan fingerprint density at radius 3 is 2.89 bits per heavy atom. The molecule has 0 spiro atoms. The maximum absolute atomic E-state index is 12.3. The zero-order chi connectivity index (χ0) is 14.0. The van der Waals surface area contributed by atoms with Crippen LogP contribution in [0.25, 0.3) is 0 Å². The molecule has 1 unspecified atom stereocenters. The first kappa shape index (κ1) is 14.2. The van der Waals surface area contributed by atoms with Gasteiger partial charge in [0.2, 0.25) is 5.91 Å². The molecule has 1 heterocycles. The first-order valence-electron chi connectivity index (χ1n) is 6.47. The quantitative estimate of drug-likeness (QED) is 0.922. The summed E-state index contributed by atoms with van der Waals surface area (Å²) in [7, 11) is 1.59. The van der Waals surface area contributed by atoms with Crippen LogP contribution in [0.5, 0.6) is 5.75 Å². The highest BCUT2D eigenvalue weighted by Gasteiger charge is 2.33. The first-order valence-corrected chi connectivity index (χ1v) is 6.85. The molecular weight excluding hydrogens is 264 g/mol. The number of anilines is 1. The number of halogens is 1. The summed E-state index contributed by atoms with van der Waals surface area (Å²) in [5.74, 6) is 0.739. The summed E-state index contributed by atoms with van der Waals surface area (Å²) < 4.78 is 5.34. The van der Waals surface area contributed by atoms with Gasteiger partial charge >= 0.3 is 0 Å². The van der Waals surface area contributed by atoms with E-state index < -0.39 is 0 Å². The van der Waals surface area contributed by atoms with Gasteiger partial charge in [-0.2, -0.15) is 0 Å². The summed E-state index contributed by atoms with van der Waals surface area (Å²) in [5.41, 5.74) is 1.74. The van der Waals surface area contributed by atoms with E-state index in [0.29, 0.717) is 17.3 Å². The molecule has 5 heteroatoms. The number of nitrogens with one attached hydrogen (secondary N) is 1. The molecule has 1 aliphatic heterocycles. The lowest BCUT2D eigenvalue weighted by molar-refractivity contribution is -0.118. The van der Waals surface area contributed by atoms with E-state index in [0.717, 1.165) is 24.2 Å². The molecule has 1 atom stereocenters. The van der Waals surface area contributed by atoms with Gasteiger partial charge in [0.15, 0.2) is 0 Å². The molecule has 104 valence electrons. The standard InChI is InChI=1S/C14H19ClN2O2/c1-4-16-11-5-6-17(14(11)18)12-7-9(2)10(15)8-13(12)19-3/h7-8,11,16H,4-6H2,1-3H3. The minimum atomic E-state index is -0.0920. The van der Waals surface area contributed by atoms with Gasteiger partial charge in [-0.05, 0) is 31.5 Å². The second kappa shape index (κ2) is 5.80. The highest BCUT2D eigenvalue weighted by Crippen LogP contribution is 2.35. The fraction of sp³-hybridized carbons (Fsp3) is 0.500. The van der Waals surface area contributed by atoms with Crippen LogP contribution in [-0.4, -0.2) is 32.1 Å². The average Bonchev–Trinajstić information content (AvgIpc) is 2.74. The zero-order valence-corrected chi connectivity index (χ0v) is 12.3. The maximum atomic E-state index is 12.3. The highest BCUT2D eigenvalue weighted by molar-refractivity contribution is 6.31. The lowest BCUT2D eigenvalue weighted by Gasteiger charge is -2.21. The van der Waals surface area contributed by atoms with Crippen molar-refractivity contribution in [1.82, 2.24) is 5.32 Å². The number of aryl methyl sites for hydroxylation is 1. The second-order valence-corrected chi connectivity index (χ2v) is 5.07. The SMILES string of the molecule is CCNC1CCN(c2cc(C)c(Cl)cc2OC)C1=O. The van der Waals surface area contributed by atoms with Crippen LogP contribution < -0.4 is 15.0 Å². The number of hydrogen-bond acceptors (Lipinski definition) is 3. The van der Waals surface area contributed by atoms with Gasteiger partial charge in [0, 0.05) is 17.6 Å². The lowest BCUT2D eigenvalue weighted by Crippen LogP contribution is -2.38. The molecule has 1 amide bonds. The Kier molecular flexibility index (Phi) is 4.32. The molecule has 0 saturated carbocycles. The summed E-state index contributed by atoms with van der Waals surface area (Å²) in [6.45, 7) is 5.42. The van der Waals surface area contributed by atoms with Gasteiger partial charge in [0.1, 0.15) is 5.75 Å². The number of ether oxygens (including phenoxy) is 1. The molecule has 2 rings (SSSR count). The van der Waals surface area contributed by atoms with Crippen LogP contribution in [0.1, 0.15) is 18.9 Å². The van der Waals surface area contributed by atoms with Crippen molar-refractivity contribution in [2.75, 3.05) is 25.1 Å². The van der Waals surface area contributed by atoms with Gasteiger partial charge in [-0.3, -0.25) is 4.79 Å². The summed E-state index contributed by atoms with van der Waals surface area (Å²) >= 11 is 6.09. The van der Waals surface area contributed by atoms with Crippen LogP contribution in [0.4, 0.5) is 5.69 Å². The van der Waals surface area contributed by atoms with Crippen molar-refractivity contribution < 1.29 is 9.53 Å². The number of methoxy groups -OCH3 is 1. The van der Waals surface area contributed by atoms with E-state index in [1.807, 2.05) is 19.9 Å². The Labute approximate surface area is 118 Å². The van der Waals surface area contributed by atoms with Crippen LogP contribution in [0.2, 0.25) is 5.02 Å². The molecule has 0 radical (unpaired) electrons. The Morgan fingerprint density at radius 1 is 1.53 bits per heavy atom. The Bertz CT molecular complexity index is 491. The van der Waals surface area contributed by atoms with Gasteiger partial charge in [0.05, 0.1) is 18.8 Å². The van der Waals surface area contributed by atoms with Gasteiger partial charge < -0.3 is 15.0 Å². The second-order valence-electron chi connectivity index (χ2n) is 4.66. The van der Waals surface area contributed by atoms with Crippen molar-refractivity contribution in [3.05, 3.63) is 22.7 Å². The molecule has 1 aromatic carbocycles. The number of nitrogens with zero attached hydrogens (tertiary/aromatic N) is 1. The van der Waals surface area contributed by atoms with Gasteiger partial charge in [-0.25, -0.2) is 0 Å². The van der Waals surface area contributed by atoms with Crippen molar-refractivity contribution in [3.8, 4) is 5.75 Å². The lowest BCUT2D eigenvalue weighted by atomic mass is 10.2. The Balaban J connectivity index is 2.32. The van der Waals surface area contributed by atoms with Crippen molar-refractivity contribution >= 4 is 23.2 Å². The predicted octanol–water partition coefficient (Wildman–Crippen LogP) is 2.37. The minimum Gasteiger partial charge on any atom is -0.495 e. The van der Waals surface area contributed by atoms with Crippen LogP contribution in [0.3, 0.4) is 0 Å². The van der Waals surface area contributed by atoms with Gasteiger partial charge in [-0.15, -0.1) is 0 Å². The summed E-state index contributed by atoms with van der Waals surface area (Å²) in [5, 5.41) is 3.85. The third-order valence-corrected chi connectivity index (χ3v) is 3.81. The minimum absolute atomic E-state index is 0.0920. The van der Waals surface area contributed by atoms with Gasteiger partial charge in [-0.1, -0.05) is 18.5 Å². The van der Waals surface area contributed by atoms with E-state index in [2.05, 4.69) is 5.32 Å². The van der Waals surface area contributed by atoms with E-state index in [1.165, 1.54) is 0 Å². The number of rotatable bonds is 4. The largest absolute Gasteiger partial charge is 0.495 e. The molecule has 1 N–H and O–H groups in total. The van der Waals surface area contributed by atoms with Crippen LogP contribution in [0.15, 0.2) is 12.1 Å². The molecule has 1 saturated heterocycles. The summed E-state index contributed by atoms with van der Waals surface area (Å²) in [4.78, 5) is 14.1. The molecule has 4 nitrogen and oxygen atoms in total. The summed E-state index contributed by atoms with van der Waals surface area (Å²) in [6.07, 6.45) is 0.817. The highest BCUT2D eigenvalue weighted by atomic mass is 35.5. The van der Waals surface area contributed by atoms with E-state index in [-0.39, 0.29) is 11.9 Å². The molecule has 1 aromatic rings. The fourth-order valence-electron chi connectivity index (χ4n) is 2.38. The Morgan fingerprint density at radius 2 is 2.26 bits per heavy atom. The molecular formula is C14H19ClN2O2. The van der Waals surface area contributed by atoms with Gasteiger partial charge in [0.25, 0.3) is 0 Å². The monoisotopic (exact) mass is 282 g/mol. The number of hydrogen-bond donors (Lipinski definition) is 1. The zero-order valence-electron chi connectivity index (χ0n) is 11.5. The molecule has 1 fully saturated rings. The molecule has 19 heavy (non-hydrogen) atoms. The number of carbonyl (C=O) groups is 1. The number of likely N-dealkylation sites (N-methyl/N-ethyl adjacent to an activating group) is 1. The van der Waals surface area contributed by atoms with E-state index in [1.54, 1.807) is 18.1 Å². The van der Waals surface area contributed by atoms with Crippen molar-refractivity contribution in [3.63, 3.8) is 0 Å². The van der Waals surface area contributed by atoms with Crippen LogP contribution in [0, 0.1) is 6.92 Å². The van der Waals surface area contributed by atoms with E-state index >= 15 is 0 Å². The third kappa shape index (κ3) is 2.69. The molecule has 0 aliphatic carbocycles. The number of carbonyl (C=O) groups excluding carboxylic acids is 1. The molecule has 1 aliphatic rings. The van der Waals surface area contributed by atoms with Crippen molar-refractivity contribution in [2.24, 2.45) is 0 Å². The van der Waals surface area contributed by atoms with Crippen LogP contribution >= 0.6 is 11.6 Å². The maximum Gasteiger partial charge on any atom is 0.244 e. The molecule has 0 aromatic heterocycles. The third-order valence-electron chi connectivity index (χ3n) is 3.41. The fourth-order valence-corrected chi connectivity index (χ4v) is 2.53. The van der Waals surface area contributed by atoms with E-state index in [9.17, 15) is 4.79 Å². The average molecular weight is 283 g/mol. The number of benzene rings is 1. The van der Waals surface area contributed by atoms with Crippen molar-refractivity contribution in [1.29, 1.82) is 0 Å². The smallest absolute Gasteiger partial charge is 0.244 e. The van der Waals surface area contributed by atoms with Crippen molar-refractivity contribution in [2.45, 2.75) is 26.3 Å². The predicted molar refractivity (Wildman–Crippen MR) is 77.2 cm³/mol. The molecule has 0 bridgehead atoms. The topological polar surface area (TPSA) is 41.6 Å². The number of amides is 1. The van der Waals surface area contributed by atoms with E-state index in [4.69, 9.17) is 16.3 Å². The summed E-state index contributed by atoms with van der Waals surface area (Å²) in [6, 6.07) is 3.58. The normalized spacial score (nSPS) is 19.1. The first-order chi connectivity index (χ1) is 9.08. The Hall–Kier alpha value is -1.26.